The van der Waals surface area contributed by atoms with Crippen LogP contribution in [0.2, 0.25) is 0 Å². The minimum Gasteiger partial charge on any atom is -0.378 e. The summed E-state index contributed by atoms with van der Waals surface area (Å²) in [6.45, 7) is 5.88. The van der Waals surface area contributed by atoms with Crippen LogP contribution in [0.15, 0.2) is 53.1 Å². The third-order valence-corrected chi connectivity index (χ3v) is 6.39. The van der Waals surface area contributed by atoms with Crippen molar-refractivity contribution in [2.45, 2.75) is 0 Å². The van der Waals surface area contributed by atoms with Crippen LogP contribution in [0.5, 0.6) is 0 Å². The zero-order valence-electron chi connectivity index (χ0n) is 18.6. The minimum absolute atomic E-state index is 0.289. The predicted octanol–water partition coefficient (Wildman–Crippen LogP) is 4.54. The molecule has 0 aliphatic carbocycles. The van der Waals surface area contributed by atoms with Crippen molar-refractivity contribution in [2.75, 3.05) is 73.0 Å². The van der Waals surface area contributed by atoms with Gasteiger partial charge in [0.1, 0.15) is 11.6 Å². The molecule has 2 fully saturated rings. The molecule has 0 spiro atoms. The minimum atomic E-state index is -0.289. The van der Waals surface area contributed by atoms with Crippen LogP contribution in [0.4, 0.5) is 38.9 Å². The summed E-state index contributed by atoms with van der Waals surface area (Å²) >= 11 is 3.50. The normalized spacial score (nSPS) is 16.4. The van der Waals surface area contributed by atoms with Gasteiger partial charge in [0, 0.05) is 49.4 Å². The first-order valence-corrected chi connectivity index (χ1v) is 12.1. The van der Waals surface area contributed by atoms with E-state index in [1.54, 1.807) is 12.3 Å². The van der Waals surface area contributed by atoms with E-state index < -0.39 is 0 Å². The second-order valence-electron chi connectivity index (χ2n) is 8.05. The number of aromatic nitrogens is 2. The molecule has 2 aliphatic rings. The van der Waals surface area contributed by atoms with Gasteiger partial charge in [-0.25, -0.2) is 9.37 Å². The lowest BCUT2D eigenvalue weighted by Crippen LogP contribution is -2.36. The van der Waals surface area contributed by atoms with Crippen molar-refractivity contribution in [1.82, 2.24) is 9.97 Å². The molecule has 3 aromatic rings. The van der Waals surface area contributed by atoms with Crippen molar-refractivity contribution in [2.24, 2.45) is 0 Å². The van der Waals surface area contributed by atoms with Crippen LogP contribution in [-0.4, -0.2) is 62.6 Å². The van der Waals surface area contributed by atoms with Crippen LogP contribution in [0.25, 0.3) is 0 Å². The average Bonchev–Trinajstić information content (AvgIpc) is 2.88. The maximum absolute atomic E-state index is 14.7. The molecule has 5 rings (SSSR count). The monoisotopic (exact) mass is 528 g/mol. The van der Waals surface area contributed by atoms with Crippen LogP contribution < -0.4 is 20.4 Å². The van der Waals surface area contributed by atoms with E-state index in [0.717, 1.165) is 36.5 Å². The molecule has 34 heavy (non-hydrogen) atoms. The highest BCUT2D eigenvalue weighted by atomic mass is 79.9. The van der Waals surface area contributed by atoms with Crippen molar-refractivity contribution < 1.29 is 13.9 Å². The molecule has 0 radical (unpaired) electrons. The number of hydrogen-bond acceptors (Lipinski definition) is 8. The number of anilines is 6. The molecule has 2 aromatic carbocycles. The smallest absolute Gasteiger partial charge is 0.229 e. The third-order valence-electron chi connectivity index (χ3n) is 5.81. The summed E-state index contributed by atoms with van der Waals surface area (Å²) < 4.78 is 26.2. The topological polar surface area (TPSA) is 74.8 Å². The first kappa shape index (κ1) is 22.8. The van der Waals surface area contributed by atoms with E-state index in [2.05, 4.69) is 53.6 Å². The van der Waals surface area contributed by atoms with Gasteiger partial charge in [0.2, 0.25) is 5.95 Å². The van der Waals surface area contributed by atoms with Crippen LogP contribution >= 0.6 is 15.9 Å². The summed E-state index contributed by atoms with van der Waals surface area (Å²) in [6.07, 6.45) is 1.66. The summed E-state index contributed by atoms with van der Waals surface area (Å²) in [6, 6.07) is 13.3. The van der Waals surface area contributed by atoms with Crippen molar-refractivity contribution in [3.63, 3.8) is 0 Å². The summed E-state index contributed by atoms with van der Waals surface area (Å²) in [7, 11) is 0. The lowest BCUT2D eigenvalue weighted by molar-refractivity contribution is 0.122. The van der Waals surface area contributed by atoms with Gasteiger partial charge in [0.05, 0.1) is 36.6 Å². The van der Waals surface area contributed by atoms with E-state index in [1.165, 1.54) is 11.8 Å². The van der Waals surface area contributed by atoms with Gasteiger partial charge < -0.3 is 29.9 Å². The van der Waals surface area contributed by atoms with E-state index in [0.29, 0.717) is 49.4 Å². The molecule has 2 saturated heterocycles. The molecular weight excluding hydrogens is 503 g/mol. The second-order valence-corrected chi connectivity index (χ2v) is 8.91. The van der Waals surface area contributed by atoms with E-state index in [-0.39, 0.29) is 5.82 Å². The molecule has 3 heterocycles. The zero-order valence-corrected chi connectivity index (χ0v) is 20.2. The molecule has 0 atom stereocenters. The van der Waals surface area contributed by atoms with Crippen LogP contribution in [-0.2, 0) is 9.47 Å². The van der Waals surface area contributed by atoms with Gasteiger partial charge in [-0.15, -0.1) is 0 Å². The van der Waals surface area contributed by atoms with Gasteiger partial charge in [0.15, 0.2) is 0 Å². The summed E-state index contributed by atoms with van der Waals surface area (Å²) in [4.78, 5) is 13.2. The molecule has 1 aromatic heterocycles. The Labute approximate surface area is 206 Å². The highest BCUT2D eigenvalue weighted by Crippen LogP contribution is 2.28. The van der Waals surface area contributed by atoms with Gasteiger partial charge in [-0.3, -0.25) is 0 Å². The Balaban J connectivity index is 1.27. The van der Waals surface area contributed by atoms with Crippen molar-refractivity contribution in [1.29, 1.82) is 0 Å². The van der Waals surface area contributed by atoms with Gasteiger partial charge in [-0.05, 0) is 58.4 Å². The molecule has 178 valence electrons. The average molecular weight is 529 g/mol. The number of nitrogens with one attached hydrogen (secondary N) is 2. The van der Waals surface area contributed by atoms with E-state index in [4.69, 9.17) is 9.47 Å². The maximum Gasteiger partial charge on any atom is 0.229 e. The SMILES string of the molecule is Fc1cc(Nc2ncc(Br)c(Nc3ccc(N4CCOCC4)cc3)n2)ccc1N1CCOCC1. The van der Waals surface area contributed by atoms with Crippen molar-refractivity contribution in [3.8, 4) is 0 Å². The number of rotatable bonds is 6. The van der Waals surface area contributed by atoms with Crippen molar-refractivity contribution in [3.05, 3.63) is 59.0 Å². The highest BCUT2D eigenvalue weighted by Gasteiger charge is 2.16. The number of morpholine rings is 2. The van der Waals surface area contributed by atoms with E-state index in [9.17, 15) is 4.39 Å². The standard InChI is InChI=1S/C24H26BrFN6O2/c25-20-16-27-24(29-18-3-6-22(21(26)15-18)32-9-13-34-14-10-32)30-23(20)28-17-1-4-19(5-2-17)31-7-11-33-12-8-31/h1-6,15-16H,7-14H2,(H2,27,28,29,30). The Morgan fingerprint density at radius 1 is 0.824 bits per heavy atom. The number of benzene rings is 2. The van der Waals surface area contributed by atoms with Crippen LogP contribution in [0.1, 0.15) is 0 Å². The molecule has 10 heteroatoms. The summed E-state index contributed by atoms with van der Waals surface area (Å²) in [5, 5.41) is 6.41. The van der Waals surface area contributed by atoms with Gasteiger partial charge in [-0.2, -0.15) is 4.98 Å². The molecule has 8 nitrogen and oxygen atoms in total. The Hall–Kier alpha value is -2.95. The van der Waals surface area contributed by atoms with E-state index >= 15 is 0 Å². The molecule has 0 bridgehead atoms. The fraction of sp³-hybridized carbons (Fsp3) is 0.333. The quantitative estimate of drug-likeness (QED) is 0.483. The summed E-state index contributed by atoms with van der Waals surface area (Å²) in [5.41, 5.74) is 3.23. The lowest BCUT2D eigenvalue weighted by Gasteiger charge is -2.29. The molecule has 2 N–H and O–H groups in total. The van der Waals surface area contributed by atoms with Gasteiger partial charge in [0.25, 0.3) is 0 Å². The third kappa shape index (κ3) is 5.40. The largest absolute Gasteiger partial charge is 0.378 e. The Morgan fingerprint density at radius 2 is 1.47 bits per heavy atom. The first-order chi connectivity index (χ1) is 16.7. The van der Waals surface area contributed by atoms with Crippen LogP contribution in [0, 0.1) is 5.82 Å². The molecule has 0 unspecified atom stereocenters. The van der Waals surface area contributed by atoms with Gasteiger partial charge >= 0.3 is 0 Å². The number of ether oxygens (including phenoxy) is 2. The number of halogens is 2. The second kappa shape index (κ2) is 10.5. The molecule has 0 saturated carbocycles. The molecular formula is C24H26BrFN6O2. The fourth-order valence-corrected chi connectivity index (χ4v) is 4.29. The van der Waals surface area contributed by atoms with Crippen molar-refractivity contribution >= 4 is 50.4 Å². The Morgan fingerprint density at radius 3 is 2.15 bits per heavy atom. The first-order valence-electron chi connectivity index (χ1n) is 11.3. The fourth-order valence-electron chi connectivity index (χ4n) is 4.00. The van der Waals surface area contributed by atoms with Crippen LogP contribution in [0.3, 0.4) is 0 Å². The van der Waals surface area contributed by atoms with E-state index in [1.807, 2.05) is 23.1 Å². The lowest BCUT2D eigenvalue weighted by atomic mass is 10.2. The molecule has 2 aliphatic heterocycles. The molecule has 0 amide bonds. The number of hydrogen-bond donors (Lipinski definition) is 2. The summed E-state index contributed by atoms with van der Waals surface area (Å²) in [5.74, 6) is 0.693. The predicted molar refractivity (Wildman–Crippen MR) is 135 cm³/mol. The van der Waals surface area contributed by atoms with Gasteiger partial charge in [-0.1, -0.05) is 0 Å². The zero-order chi connectivity index (χ0) is 23.3. The number of nitrogens with zero attached hydrogens (tertiary/aromatic N) is 4. The highest BCUT2D eigenvalue weighted by molar-refractivity contribution is 9.10. The Bertz CT molecular complexity index is 1120. The maximum atomic E-state index is 14.7. The Kier molecular flexibility index (Phi) is 7.08.